The van der Waals surface area contributed by atoms with E-state index in [0.717, 1.165) is 23.3 Å². The minimum Gasteiger partial charge on any atom is -0.489 e. The molecule has 0 radical (unpaired) electrons. The lowest BCUT2D eigenvalue weighted by Gasteiger charge is -2.14. The van der Waals surface area contributed by atoms with Crippen molar-refractivity contribution in [1.82, 2.24) is 0 Å². The van der Waals surface area contributed by atoms with Crippen molar-refractivity contribution in [3.63, 3.8) is 0 Å². The predicted molar refractivity (Wildman–Crippen MR) is 129 cm³/mol. The van der Waals surface area contributed by atoms with Gasteiger partial charge >= 0.3 is 0 Å². The Morgan fingerprint density at radius 3 is 2.19 bits per heavy atom. The molecule has 0 aliphatic rings. The molecule has 0 N–H and O–H groups in total. The maximum Gasteiger partial charge on any atom is 0.120 e. The van der Waals surface area contributed by atoms with Gasteiger partial charge in [0.05, 0.1) is 6.04 Å². The summed E-state index contributed by atoms with van der Waals surface area (Å²) >= 11 is 0. The van der Waals surface area contributed by atoms with Gasteiger partial charge in [0.15, 0.2) is 0 Å². The molecule has 2 nitrogen and oxygen atoms in total. The molecule has 1 atom stereocenters. The van der Waals surface area contributed by atoms with Crippen LogP contribution in [0.3, 0.4) is 0 Å². The Labute approximate surface area is 184 Å². The van der Waals surface area contributed by atoms with E-state index in [1.54, 1.807) is 0 Å². The fourth-order valence-electron chi connectivity index (χ4n) is 3.48. The first-order valence-electron chi connectivity index (χ1n) is 10.7. The van der Waals surface area contributed by atoms with E-state index in [1.807, 2.05) is 48.7 Å². The summed E-state index contributed by atoms with van der Waals surface area (Å²) in [7, 11) is 0. The molecule has 0 spiro atoms. The summed E-state index contributed by atoms with van der Waals surface area (Å²) in [5.41, 5.74) is 5.97. The van der Waals surface area contributed by atoms with Gasteiger partial charge in [-0.1, -0.05) is 103 Å². The van der Waals surface area contributed by atoms with E-state index < -0.39 is 0 Å². The lowest BCUT2D eigenvalue weighted by molar-refractivity contribution is 0.306. The van der Waals surface area contributed by atoms with Gasteiger partial charge in [-0.05, 0) is 47.7 Å². The fourth-order valence-corrected chi connectivity index (χ4v) is 3.48. The van der Waals surface area contributed by atoms with Gasteiger partial charge < -0.3 is 4.74 Å². The van der Waals surface area contributed by atoms with Gasteiger partial charge in [0.2, 0.25) is 0 Å². The molecule has 0 amide bonds. The maximum absolute atomic E-state index is 5.97. The van der Waals surface area contributed by atoms with Crippen LogP contribution in [0.25, 0.3) is 0 Å². The number of aliphatic imine (C=N–C) groups is 1. The number of aryl methyl sites for hydroxylation is 1. The first kappa shape index (κ1) is 20.6. The summed E-state index contributed by atoms with van der Waals surface area (Å²) in [6.45, 7) is 2.67. The van der Waals surface area contributed by atoms with Crippen LogP contribution >= 0.6 is 0 Å². The number of rotatable bonds is 8. The lowest BCUT2D eigenvalue weighted by atomic mass is 9.98. The zero-order chi connectivity index (χ0) is 21.3. The molecular formula is C29H27NO. The SMILES string of the molecule is Cc1ccc(CC(N=Cc2cccc(OCc3ccccc3)c2)c2ccccc2)cc1. The summed E-state index contributed by atoms with van der Waals surface area (Å²) in [4.78, 5) is 4.96. The van der Waals surface area contributed by atoms with Gasteiger partial charge in [-0.15, -0.1) is 0 Å². The van der Waals surface area contributed by atoms with Crippen molar-refractivity contribution in [2.75, 3.05) is 0 Å². The van der Waals surface area contributed by atoms with Crippen LogP contribution in [0.1, 0.15) is 33.9 Å². The number of hydrogen-bond acceptors (Lipinski definition) is 2. The third-order valence-electron chi connectivity index (χ3n) is 5.24. The van der Waals surface area contributed by atoms with E-state index in [-0.39, 0.29) is 6.04 Å². The Bertz CT molecular complexity index is 1100. The average Bonchev–Trinajstić information content (AvgIpc) is 2.83. The van der Waals surface area contributed by atoms with Crippen LogP contribution in [0.4, 0.5) is 0 Å². The molecule has 0 fully saturated rings. The van der Waals surface area contributed by atoms with Gasteiger partial charge in [-0.25, -0.2) is 0 Å². The summed E-state index contributed by atoms with van der Waals surface area (Å²) in [6, 6.07) is 37.6. The van der Waals surface area contributed by atoms with E-state index in [9.17, 15) is 0 Å². The van der Waals surface area contributed by atoms with E-state index in [1.165, 1.54) is 16.7 Å². The van der Waals surface area contributed by atoms with Crippen molar-refractivity contribution < 1.29 is 4.74 Å². The molecule has 0 bridgehead atoms. The van der Waals surface area contributed by atoms with E-state index in [2.05, 4.69) is 73.7 Å². The monoisotopic (exact) mass is 405 g/mol. The van der Waals surface area contributed by atoms with Crippen molar-refractivity contribution in [3.8, 4) is 5.75 Å². The first-order chi connectivity index (χ1) is 15.3. The third kappa shape index (κ3) is 6.16. The molecule has 1 unspecified atom stereocenters. The maximum atomic E-state index is 5.97. The van der Waals surface area contributed by atoms with Crippen LogP contribution in [0, 0.1) is 6.92 Å². The van der Waals surface area contributed by atoms with E-state index in [4.69, 9.17) is 9.73 Å². The molecule has 0 heterocycles. The van der Waals surface area contributed by atoms with Crippen LogP contribution in [-0.2, 0) is 13.0 Å². The van der Waals surface area contributed by atoms with Crippen molar-refractivity contribution in [2.45, 2.75) is 26.0 Å². The van der Waals surface area contributed by atoms with E-state index in [0.29, 0.717) is 6.61 Å². The van der Waals surface area contributed by atoms with Crippen molar-refractivity contribution >= 4 is 6.21 Å². The normalized spacial score (nSPS) is 12.0. The lowest BCUT2D eigenvalue weighted by Crippen LogP contribution is -2.01. The summed E-state index contributed by atoms with van der Waals surface area (Å²) in [5, 5.41) is 0. The number of benzene rings is 4. The molecule has 0 aromatic heterocycles. The third-order valence-corrected chi connectivity index (χ3v) is 5.24. The highest BCUT2D eigenvalue weighted by molar-refractivity contribution is 5.80. The summed E-state index contributed by atoms with van der Waals surface area (Å²) in [6.07, 6.45) is 2.83. The van der Waals surface area contributed by atoms with Crippen LogP contribution < -0.4 is 4.74 Å². The zero-order valence-electron chi connectivity index (χ0n) is 17.8. The second-order valence-electron chi connectivity index (χ2n) is 7.74. The molecule has 4 aromatic rings. The quantitative estimate of drug-likeness (QED) is 0.290. The second kappa shape index (κ2) is 10.4. The molecule has 0 saturated heterocycles. The molecule has 2 heteroatoms. The van der Waals surface area contributed by atoms with Crippen molar-refractivity contribution in [2.24, 2.45) is 4.99 Å². The predicted octanol–water partition coefficient (Wildman–Crippen LogP) is 6.98. The Morgan fingerprint density at radius 1 is 0.742 bits per heavy atom. The second-order valence-corrected chi connectivity index (χ2v) is 7.74. The topological polar surface area (TPSA) is 21.6 Å². The fraction of sp³-hybridized carbons (Fsp3) is 0.138. The molecule has 31 heavy (non-hydrogen) atoms. The number of hydrogen-bond donors (Lipinski definition) is 0. The Kier molecular flexibility index (Phi) is 6.92. The number of ether oxygens (including phenoxy) is 1. The summed E-state index contributed by atoms with van der Waals surface area (Å²) < 4.78 is 5.97. The Balaban J connectivity index is 1.49. The highest BCUT2D eigenvalue weighted by atomic mass is 16.5. The zero-order valence-corrected chi connectivity index (χ0v) is 17.8. The molecule has 0 saturated carbocycles. The first-order valence-corrected chi connectivity index (χ1v) is 10.7. The largest absolute Gasteiger partial charge is 0.489 e. The highest BCUT2D eigenvalue weighted by Crippen LogP contribution is 2.23. The minimum absolute atomic E-state index is 0.0674. The number of nitrogens with zero attached hydrogens (tertiary/aromatic N) is 1. The van der Waals surface area contributed by atoms with Gasteiger partial charge in [0.1, 0.15) is 12.4 Å². The standard InChI is InChI=1S/C29H27NO/c1-23-15-17-24(18-16-23)20-29(27-12-6-3-7-13-27)30-21-26-11-8-14-28(19-26)31-22-25-9-4-2-5-10-25/h2-19,21,29H,20,22H2,1H3. The minimum atomic E-state index is 0.0674. The Hall–Kier alpha value is -3.65. The van der Waals surface area contributed by atoms with Crippen molar-refractivity contribution in [1.29, 1.82) is 0 Å². The van der Waals surface area contributed by atoms with Crippen molar-refractivity contribution in [3.05, 3.63) is 137 Å². The van der Waals surface area contributed by atoms with Crippen LogP contribution in [0.5, 0.6) is 5.75 Å². The van der Waals surface area contributed by atoms with Crippen LogP contribution in [0.15, 0.2) is 114 Å². The van der Waals surface area contributed by atoms with Gasteiger partial charge in [0.25, 0.3) is 0 Å². The smallest absolute Gasteiger partial charge is 0.120 e. The summed E-state index contributed by atoms with van der Waals surface area (Å²) in [5.74, 6) is 0.850. The van der Waals surface area contributed by atoms with Crippen LogP contribution in [0.2, 0.25) is 0 Å². The molecule has 0 aliphatic carbocycles. The average molecular weight is 406 g/mol. The molecular weight excluding hydrogens is 378 g/mol. The molecule has 154 valence electrons. The molecule has 0 aliphatic heterocycles. The van der Waals surface area contributed by atoms with E-state index >= 15 is 0 Å². The van der Waals surface area contributed by atoms with Gasteiger partial charge in [-0.3, -0.25) is 4.99 Å². The van der Waals surface area contributed by atoms with Crippen LogP contribution in [-0.4, -0.2) is 6.21 Å². The Morgan fingerprint density at radius 2 is 1.45 bits per heavy atom. The van der Waals surface area contributed by atoms with Gasteiger partial charge in [0, 0.05) is 6.21 Å². The molecule has 4 aromatic carbocycles. The van der Waals surface area contributed by atoms with Gasteiger partial charge in [-0.2, -0.15) is 0 Å². The highest BCUT2D eigenvalue weighted by Gasteiger charge is 2.10. The molecule has 4 rings (SSSR count).